The van der Waals surface area contributed by atoms with Crippen LogP contribution in [-0.2, 0) is 11.2 Å². The average molecular weight is 326 g/mol. The molecule has 9 nitrogen and oxygen atoms in total. The van der Waals surface area contributed by atoms with Crippen LogP contribution in [0.15, 0.2) is 36.8 Å². The third-order valence-electron chi connectivity index (χ3n) is 3.23. The van der Waals surface area contributed by atoms with Gasteiger partial charge in [0, 0.05) is 30.0 Å². The number of hydroxylamine groups is 1. The molecule has 0 spiro atoms. The van der Waals surface area contributed by atoms with Gasteiger partial charge in [-0.15, -0.1) is 0 Å². The van der Waals surface area contributed by atoms with E-state index < -0.39 is 5.91 Å². The van der Waals surface area contributed by atoms with Crippen molar-refractivity contribution < 1.29 is 14.7 Å². The fraction of sp³-hybridized carbons (Fsp3) is 0.133. The summed E-state index contributed by atoms with van der Waals surface area (Å²) in [7, 11) is 1.54. The molecular formula is C15H14N6O3. The monoisotopic (exact) mass is 326 g/mol. The van der Waals surface area contributed by atoms with Crippen molar-refractivity contribution in [2.75, 3.05) is 12.4 Å². The Labute approximate surface area is 136 Å². The zero-order chi connectivity index (χ0) is 16.9. The van der Waals surface area contributed by atoms with Crippen LogP contribution in [0, 0.1) is 0 Å². The zero-order valence-electron chi connectivity index (χ0n) is 12.7. The van der Waals surface area contributed by atoms with E-state index in [1.165, 1.54) is 12.4 Å². The highest BCUT2D eigenvalue weighted by atomic mass is 16.5. The van der Waals surface area contributed by atoms with E-state index in [4.69, 9.17) is 9.94 Å². The zero-order valence-corrected chi connectivity index (χ0v) is 12.7. The smallest absolute Gasteiger partial charge is 0.247 e. The summed E-state index contributed by atoms with van der Waals surface area (Å²) in [4.78, 5) is 27.9. The number of pyridine rings is 2. The largest absolute Gasteiger partial charge is 0.481 e. The van der Waals surface area contributed by atoms with Crippen LogP contribution in [0.25, 0.3) is 11.0 Å². The number of rotatable bonds is 5. The van der Waals surface area contributed by atoms with E-state index in [2.05, 4.69) is 25.3 Å². The van der Waals surface area contributed by atoms with Gasteiger partial charge < -0.3 is 10.1 Å². The average Bonchev–Trinajstić information content (AvgIpc) is 2.63. The molecule has 122 valence electrons. The van der Waals surface area contributed by atoms with Crippen LogP contribution in [0.4, 0.5) is 11.6 Å². The molecular weight excluding hydrogens is 312 g/mol. The second-order valence-electron chi connectivity index (χ2n) is 4.83. The maximum atomic E-state index is 11.1. The van der Waals surface area contributed by atoms with Crippen molar-refractivity contribution in [3.63, 3.8) is 0 Å². The van der Waals surface area contributed by atoms with Gasteiger partial charge in [-0.1, -0.05) is 0 Å². The lowest BCUT2D eigenvalue weighted by Gasteiger charge is -2.08. The van der Waals surface area contributed by atoms with Gasteiger partial charge in [0.25, 0.3) is 0 Å². The number of fused-ring (bicyclic) bond motifs is 1. The molecule has 9 heteroatoms. The Bertz CT molecular complexity index is 869. The second kappa shape index (κ2) is 6.84. The highest BCUT2D eigenvalue weighted by molar-refractivity contribution is 5.90. The topological polar surface area (TPSA) is 122 Å². The first kappa shape index (κ1) is 15.6. The number of carbonyl (C=O) groups is 1. The van der Waals surface area contributed by atoms with Crippen LogP contribution in [0.5, 0.6) is 5.88 Å². The molecule has 0 aliphatic heterocycles. The van der Waals surface area contributed by atoms with Crippen molar-refractivity contribution in [1.29, 1.82) is 0 Å². The number of carbonyl (C=O) groups excluding carboxylic acids is 1. The Morgan fingerprint density at radius 2 is 2.00 bits per heavy atom. The summed E-state index contributed by atoms with van der Waals surface area (Å²) < 4.78 is 5.09. The van der Waals surface area contributed by atoms with Crippen molar-refractivity contribution in [1.82, 2.24) is 25.4 Å². The van der Waals surface area contributed by atoms with Crippen LogP contribution in [-0.4, -0.2) is 38.2 Å². The lowest BCUT2D eigenvalue weighted by Crippen LogP contribution is -2.20. The van der Waals surface area contributed by atoms with Crippen LogP contribution in [0.3, 0.4) is 0 Å². The number of amides is 1. The van der Waals surface area contributed by atoms with Crippen LogP contribution in [0.1, 0.15) is 5.56 Å². The highest BCUT2D eigenvalue weighted by Gasteiger charge is 2.07. The number of aromatic nitrogens is 4. The van der Waals surface area contributed by atoms with Gasteiger partial charge in [-0.05, 0) is 17.7 Å². The molecule has 24 heavy (non-hydrogen) atoms. The minimum absolute atomic E-state index is 0.00131. The molecule has 3 rings (SSSR count). The maximum Gasteiger partial charge on any atom is 0.247 e. The van der Waals surface area contributed by atoms with E-state index in [0.29, 0.717) is 23.0 Å². The summed E-state index contributed by atoms with van der Waals surface area (Å²) in [5.74, 6) is 0.320. The van der Waals surface area contributed by atoms with E-state index in [-0.39, 0.29) is 6.42 Å². The van der Waals surface area contributed by atoms with Crippen LogP contribution in [0.2, 0.25) is 0 Å². The maximum absolute atomic E-state index is 11.1. The van der Waals surface area contributed by atoms with Crippen molar-refractivity contribution in [2.45, 2.75) is 6.42 Å². The normalized spacial score (nSPS) is 10.4. The Hall–Kier alpha value is -3.33. The molecule has 3 N–H and O–H groups in total. The van der Waals surface area contributed by atoms with Crippen molar-refractivity contribution >= 4 is 28.6 Å². The van der Waals surface area contributed by atoms with Gasteiger partial charge in [-0.3, -0.25) is 10.0 Å². The van der Waals surface area contributed by atoms with E-state index >= 15 is 0 Å². The number of ether oxygens (including phenoxy) is 1. The van der Waals surface area contributed by atoms with Gasteiger partial charge in [0.1, 0.15) is 0 Å². The lowest BCUT2D eigenvalue weighted by atomic mass is 10.2. The molecule has 3 heterocycles. The molecule has 0 unspecified atom stereocenters. The molecule has 0 aliphatic rings. The molecule has 0 saturated carbocycles. The Morgan fingerprint density at radius 3 is 2.71 bits per heavy atom. The third-order valence-corrected chi connectivity index (χ3v) is 3.23. The van der Waals surface area contributed by atoms with E-state index in [1.54, 1.807) is 30.9 Å². The van der Waals surface area contributed by atoms with Gasteiger partial charge in [0.2, 0.25) is 17.7 Å². The number of nitrogens with zero attached hydrogens (tertiary/aromatic N) is 4. The van der Waals surface area contributed by atoms with Crippen molar-refractivity contribution in [3.8, 4) is 5.88 Å². The number of nitrogens with one attached hydrogen (secondary N) is 2. The number of hydrogen-bond acceptors (Lipinski definition) is 8. The van der Waals surface area contributed by atoms with Crippen molar-refractivity contribution in [3.05, 3.63) is 42.4 Å². The molecule has 0 bridgehead atoms. The predicted octanol–water partition coefficient (Wildman–Crippen LogP) is 1.22. The third kappa shape index (κ3) is 3.36. The quantitative estimate of drug-likeness (QED) is 0.472. The fourth-order valence-corrected chi connectivity index (χ4v) is 2.09. The standard InChI is InChI=1S/C15H14N6O3/c1-24-13-3-2-10-11(4-5-16-14(10)20-13)19-15-17-7-9(8-18-15)6-12(22)21-23/h2-5,7-8,23H,6H2,1H3,(H,21,22)(H,16,17,18,19,20). The second-order valence-corrected chi connectivity index (χ2v) is 4.83. The van der Waals surface area contributed by atoms with Crippen molar-refractivity contribution in [2.24, 2.45) is 0 Å². The van der Waals surface area contributed by atoms with Gasteiger partial charge >= 0.3 is 0 Å². The molecule has 3 aromatic heterocycles. The van der Waals surface area contributed by atoms with E-state index in [9.17, 15) is 4.79 Å². The Morgan fingerprint density at radius 1 is 1.21 bits per heavy atom. The summed E-state index contributed by atoms with van der Waals surface area (Å²) in [6.45, 7) is 0. The number of anilines is 2. The first-order valence-corrected chi connectivity index (χ1v) is 7.00. The van der Waals surface area contributed by atoms with Gasteiger partial charge in [-0.2, -0.15) is 4.98 Å². The molecule has 0 fully saturated rings. The highest BCUT2D eigenvalue weighted by Crippen LogP contribution is 2.24. The number of hydrogen-bond donors (Lipinski definition) is 3. The van der Waals surface area contributed by atoms with Gasteiger partial charge in [0.15, 0.2) is 5.65 Å². The molecule has 0 radical (unpaired) electrons. The summed E-state index contributed by atoms with van der Waals surface area (Å²) in [5.41, 5.74) is 3.43. The SMILES string of the molecule is COc1ccc2c(Nc3ncc(CC(=O)NO)cn3)ccnc2n1. The van der Waals surface area contributed by atoms with E-state index in [0.717, 1.165) is 11.1 Å². The first-order valence-electron chi connectivity index (χ1n) is 7.00. The lowest BCUT2D eigenvalue weighted by molar-refractivity contribution is -0.128. The van der Waals surface area contributed by atoms with Crippen LogP contribution < -0.4 is 15.5 Å². The minimum Gasteiger partial charge on any atom is -0.481 e. The molecule has 0 saturated heterocycles. The minimum atomic E-state index is -0.528. The van der Waals surface area contributed by atoms with Gasteiger partial charge in [-0.25, -0.2) is 20.4 Å². The first-order chi connectivity index (χ1) is 11.7. The molecule has 0 atom stereocenters. The molecule has 1 amide bonds. The molecule has 0 aromatic carbocycles. The molecule has 0 aliphatic carbocycles. The fourth-order valence-electron chi connectivity index (χ4n) is 2.09. The number of methoxy groups -OCH3 is 1. The predicted molar refractivity (Wildman–Crippen MR) is 85.0 cm³/mol. The van der Waals surface area contributed by atoms with Gasteiger partial charge in [0.05, 0.1) is 19.2 Å². The Balaban J connectivity index is 1.83. The Kier molecular flexibility index (Phi) is 4.43. The van der Waals surface area contributed by atoms with Crippen LogP contribution >= 0.6 is 0 Å². The van der Waals surface area contributed by atoms with E-state index in [1.807, 2.05) is 6.07 Å². The molecule has 3 aromatic rings. The summed E-state index contributed by atoms with van der Waals surface area (Å²) in [5, 5.41) is 12.4. The summed E-state index contributed by atoms with van der Waals surface area (Å²) in [6, 6.07) is 5.37. The summed E-state index contributed by atoms with van der Waals surface area (Å²) in [6.07, 6.45) is 4.64. The summed E-state index contributed by atoms with van der Waals surface area (Å²) >= 11 is 0.